The number of aryl methyl sites for hydroxylation is 1. The van der Waals surface area contributed by atoms with Crippen LogP contribution in [0.25, 0.3) is 0 Å². The van der Waals surface area contributed by atoms with Crippen molar-refractivity contribution in [1.82, 2.24) is 5.32 Å². The lowest BCUT2D eigenvalue weighted by atomic mass is 9.98. The highest BCUT2D eigenvalue weighted by molar-refractivity contribution is 5.54. The molecule has 0 saturated carbocycles. The molecule has 2 nitrogen and oxygen atoms in total. The molecule has 1 aromatic carbocycles. The predicted molar refractivity (Wildman–Crippen MR) is 56.1 cm³/mol. The minimum atomic E-state index is -0.165. The highest BCUT2D eigenvalue weighted by Crippen LogP contribution is 2.25. The molecule has 76 valence electrons. The molecule has 0 saturated heterocycles. The van der Waals surface area contributed by atoms with Crippen molar-refractivity contribution in [3.8, 4) is 0 Å². The third-order valence-electron chi connectivity index (χ3n) is 2.64. The van der Waals surface area contributed by atoms with E-state index in [9.17, 15) is 4.39 Å². The van der Waals surface area contributed by atoms with Gasteiger partial charge in [0.1, 0.15) is 5.82 Å². The van der Waals surface area contributed by atoms with Crippen LogP contribution < -0.4 is 10.6 Å². The second-order valence-electron chi connectivity index (χ2n) is 3.74. The number of fused-ring (bicyclic) bond motifs is 1. The summed E-state index contributed by atoms with van der Waals surface area (Å²) in [5.41, 5.74) is 2.18. The maximum atomic E-state index is 13.0. The van der Waals surface area contributed by atoms with Crippen molar-refractivity contribution in [2.24, 2.45) is 0 Å². The lowest BCUT2D eigenvalue weighted by Crippen LogP contribution is -2.34. The molecule has 2 rings (SSSR count). The summed E-state index contributed by atoms with van der Waals surface area (Å²) in [6, 6.07) is 5.40. The first-order chi connectivity index (χ1) is 6.79. The number of hydrogen-bond acceptors (Lipinski definition) is 2. The van der Waals surface area contributed by atoms with E-state index in [-0.39, 0.29) is 5.82 Å². The summed E-state index contributed by atoms with van der Waals surface area (Å²) >= 11 is 0. The standard InChI is InChI=1S/C11H15FN2/c1-13-7-10-5-3-8-2-4-9(12)6-11(8)14-10/h2,4,6,10,13-14H,3,5,7H2,1H3. The summed E-state index contributed by atoms with van der Waals surface area (Å²) in [6.45, 7) is 0.927. The first-order valence-corrected chi connectivity index (χ1v) is 4.99. The average molecular weight is 194 g/mol. The minimum absolute atomic E-state index is 0.165. The first kappa shape index (κ1) is 9.46. The predicted octanol–water partition coefficient (Wildman–Crippen LogP) is 1.77. The Kier molecular flexibility index (Phi) is 2.68. The van der Waals surface area contributed by atoms with E-state index in [1.165, 1.54) is 11.6 Å². The van der Waals surface area contributed by atoms with Gasteiger partial charge in [-0.15, -0.1) is 0 Å². The second-order valence-corrected chi connectivity index (χ2v) is 3.74. The van der Waals surface area contributed by atoms with Crippen molar-refractivity contribution in [2.75, 3.05) is 18.9 Å². The van der Waals surface area contributed by atoms with E-state index >= 15 is 0 Å². The van der Waals surface area contributed by atoms with Gasteiger partial charge in [-0.2, -0.15) is 0 Å². The molecule has 1 aliphatic heterocycles. The van der Waals surface area contributed by atoms with Crippen LogP contribution in [0.2, 0.25) is 0 Å². The van der Waals surface area contributed by atoms with Crippen molar-refractivity contribution < 1.29 is 4.39 Å². The van der Waals surface area contributed by atoms with Crippen molar-refractivity contribution in [3.05, 3.63) is 29.6 Å². The van der Waals surface area contributed by atoms with Gasteiger partial charge in [-0.05, 0) is 37.6 Å². The SMILES string of the molecule is CNCC1CCc2ccc(F)cc2N1. The fraction of sp³-hybridized carbons (Fsp3) is 0.455. The zero-order valence-electron chi connectivity index (χ0n) is 8.31. The molecule has 1 heterocycles. The van der Waals surface area contributed by atoms with E-state index in [0.29, 0.717) is 6.04 Å². The van der Waals surface area contributed by atoms with Crippen molar-refractivity contribution in [2.45, 2.75) is 18.9 Å². The Bertz CT molecular complexity index is 325. The van der Waals surface area contributed by atoms with Crippen LogP contribution in [0.3, 0.4) is 0 Å². The maximum Gasteiger partial charge on any atom is 0.125 e. The highest BCUT2D eigenvalue weighted by atomic mass is 19.1. The van der Waals surface area contributed by atoms with E-state index in [1.54, 1.807) is 6.07 Å². The summed E-state index contributed by atoms with van der Waals surface area (Å²) in [5.74, 6) is -0.165. The van der Waals surface area contributed by atoms with Crippen LogP contribution in [0.5, 0.6) is 0 Å². The van der Waals surface area contributed by atoms with Gasteiger partial charge in [0.25, 0.3) is 0 Å². The molecule has 0 radical (unpaired) electrons. The van der Waals surface area contributed by atoms with E-state index < -0.39 is 0 Å². The molecule has 1 aromatic rings. The van der Waals surface area contributed by atoms with Gasteiger partial charge in [-0.25, -0.2) is 4.39 Å². The van der Waals surface area contributed by atoms with E-state index in [0.717, 1.165) is 25.1 Å². The molecule has 1 aliphatic rings. The molecule has 0 fully saturated rings. The van der Waals surface area contributed by atoms with E-state index in [4.69, 9.17) is 0 Å². The molecule has 2 N–H and O–H groups in total. The van der Waals surface area contributed by atoms with Crippen LogP contribution in [0, 0.1) is 5.82 Å². The van der Waals surface area contributed by atoms with Crippen LogP contribution in [-0.2, 0) is 6.42 Å². The van der Waals surface area contributed by atoms with Crippen LogP contribution in [0.4, 0.5) is 10.1 Å². The average Bonchev–Trinajstić information content (AvgIpc) is 2.17. The molecule has 14 heavy (non-hydrogen) atoms. The molecule has 0 amide bonds. The Morgan fingerprint density at radius 1 is 1.57 bits per heavy atom. The Labute approximate surface area is 83.5 Å². The normalized spacial score (nSPS) is 20.0. The largest absolute Gasteiger partial charge is 0.381 e. The van der Waals surface area contributed by atoms with Gasteiger partial charge in [0.05, 0.1) is 0 Å². The fourth-order valence-electron chi connectivity index (χ4n) is 1.92. The first-order valence-electron chi connectivity index (χ1n) is 4.99. The van der Waals surface area contributed by atoms with E-state index in [1.807, 2.05) is 13.1 Å². The van der Waals surface area contributed by atoms with Gasteiger partial charge >= 0.3 is 0 Å². The van der Waals surface area contributed by atoms with Crippen LogP contribution in [-0.4, -0.2) is 19.6 Å². The van der Waals surface area contributed by atoms with Crippen molar-refractivity contribution in [3.63, 3.8) is 0 Å². The van der Waals surface area contributed by atoms with Crippen molar-refractivity contribution in [1.29, 1.82) is 0 Å². The Hall–Kier alpha value is -1.09. The molecule has 0 aromatic heterocycles. The summed E-state index contributed by atoms with van der Waals surface area (Å²) < 4.78 is 13.0. The molecular formula is C11H15FN2. The van der Waals surface area contributed by atoms with Crippen molar-refractivity contribution >= 4 is 5.69 Å². The third kappa shape index (κ3) is 1.87. The number of hydrogen-bond donors (Lipinski definition) is 2. The molecule has 0 bridgehead atoms. The topological polar surface area (TPSA) is 24.1 Å². The highest BCUT2D eigenvalue weighted by Gasteiger charge is 2.16. The third-order valence-corrected chi connectivity index (χ3v) is 2.64. The smallest absolute Gasteiger partial charge is 0.125 e. The van der Waals surface area contributed by atoms with Crippen LogP contribution in [0.1, 0.15) is 12.0 Å². The number of rotatable bonds is 2. The van der Waals surface area contributed by atoms with E-state index in [2.05, 4.69) is 10.6 Å². The summed E-state index contributed by atoms with van der Waals surface area (Å²) in [7, 11) is 1.93. The van der Waals surface area contributed by atoms with Gasteiger partial charge in [-0.1, -0.05) is 6.07 Å². The number of benzene rings is 1. The quantitative estimate of drug-likeness (QED) is 0.749. The summed E-state index contributed by atoms with van der Waals surface area (Å²) in [4.78, 5) is 0. The summed E-state index contributed by atoms with van der Waals surface area (Å²) in [6.07, 6.45) is 2.15. The van der Waals surface area contributed by atoms with Gasteiger partial charge in [-0.3, -0.25) is 0 Å². The molecule has 1 atom stereocenters. The molecule has 0 aliphatic carbocycles. The Morgan fingerprint density at radius 2 is 2.43 bits per heavy atom. The maximum absolute atomic E-state index is 13.0. The lowest BCUT2D eigenvalue weighted by molar-refractivity contribution is 0.586. The van der Waals surface area contributed by atoms with Gasteiger partial charge in [0, 0.05) is 18.3 Å². The molecule has 0 spiro atoms. The number of halogens is 1. The molecule has 3 heteroatoms. The zero-order valence-corrected chi connectivity index (χ0v) is 8.31. The van der Waals surface area contributed by atoms with Gasteiger partial charge in [0.15, 0.2) is 0 Å². The Morgan fingerprint density at radius 3 is 3.21 bits per heavy atom. The van der Waals surface area contributed by atoms with Crippen LogP contribution in [0.15, 0.2) is 18.2 Å². The monoisotopic (exact) mass is 194 g/mol. The number of nitrogens with one attached hydrogen (secondary N) is 2. The number of anilines is 1. The second kappa shape index (κ2) is 3.96. The molecular weight excluding hydrogens is 179 g/mol. The number of likely N-dealkylation sites (N-methyl/N-ethyl adjacent to an activating group) is 1. The van der Waals surface area contributed by atoms with Gasteiger partial charge in [0.2, 0.25) is 0 Å². The summed E-state index contributed by atoms with van der Waals surface area (Å²) in [5, 5.41) is 6.46. The molecule has 1 unspecified atom stereocenters. The fourth-order valence-corrected chi connectivity index (χ4v) is 1.92. The zero-order chi connectivity index (χ0) is 9.97. The Balaban J connectivity index is 2.16. The van der Waals surface area contributed by atoms with Crippen LogP contribution >= 0.6 is 0 Å². The lowest BCUT2D eigenvalue weighted by Gasteiger charge is -2.26. The van der Waals surface area contributed by atoms with Gasteiger partial charge < -0.3 is 10.6 Å². The minimum Gasteiger partial charge on any atom is -0.381 e.